The van der Waals surface area contributed by atoms with Gasteiger partial charge in [-0.1, -0.05) is 54.6 Å². The monoisotopic (exact) mass is 353 g/mol. The molecule has 0 saturated heterocycles. The lowest BCUT2D eigenvalue weighted by Gasteiger charge is -2.24. The lowest BCUT2D eigenvalue weighted by Crippen LogP contribution is -2.30. The summed E-state index contributed by atoms with van der Waals surface area (Å²) in [5, 5.41) is 0. The van der Waals surface area contributed by atoms with Gasteiger partial charge in [0.2, 0.25) is 0 Å². The van der Waals surface area contributed by atoms with Crippen LogP contribution in [0.2, 0.25) is 0 Å². The van der Waals surface area contributed by atoms with Crippen LogP contribution in [0.3, 0.4) is 0 Å². The quantitative estimate of drug-likeness (QED) is 0.720. The van der Waals surface area contributed by atoms with Crippen LogP contribution in [0.15, 0.2) is 66.7 Å². The Morgan fingerprint density at radius 2 is 1.68 bits per heavy atom. The second-order valence-electron chi connectivity index (χ2n) is 5.97. The molecule has 126 valence electrons. The van der Waals surface area contributed by atoms with Gasteiger partial charge in [0.25, 0.3) is 11.3 Å². The Kier molecular flexibility index (Phi) is 4.11. The van der Waals surface area contributed by atoms with Crippen molar-refractivity contribution >= 4 is 11.3 Å². The van der Waals surface area contributed by atoms with E-state index in [0.717, 1.165) is 27.8 Å². The van der Waals surface area contributed by atoms with Crippen LogP contribution in [0.5, 0.6) is 5.75 Å². The van der Waals surface area contributed by atoms with Gasteiger partial charge in [0.05, 0.1) is 0 Å². The highest BCUT2D eigenvalue weighted by Crippen LogP contribution is 2.39. The molecule has 1 N–H and O–H groups in total. The summed E-state index contributed by atoms with van der Waals surface area (Å²) in [6, 6.07) is 20.2. The van der Waals surface area contributed by atoms with E-state index < -0.39 is 11.3 Å². The summed E-state index contributed by atoms with van der Waals surface area (Å²) in [5.74, 6) is 0.390. The van der Waals surface area contributed by atoms with Crippen molar-refractivity contribution in [2.75, 3.05) is 0 Å². The minimum absolute atomic E-state index is 0.0453. The van der Waals surface area contributed by atoms with E-state index in [-0.39, 0.29) is 11.9 Å². The van der Waals surface area contributed by atoms with E-state index in [2.05, 4.69) is 4.72 Å². The number of hydrogen-bond donors (Lipinski definition) is 1. The molecule has 2 unspecified atom stereocenters. The summed E-state index contributed by atoms with van der Waals surface area (Å²) in [5.41, 5.74) is 4.60. The second kappa shape index (κ2) is 6.43. The van der Waals surface area contributed by atoms with Crippen molar-refractivity contribution in [1.82, 2.24) is 4.72 Å². The lowest BCUT2D eigenvalue weighted by molar-refractivity contribution is 0.501. The third-order valence-corrected chi connectivity index (χ3v) is 5.16. The Hall–Kier alpha value is -2.50. The van der Waals surface area contributed by atoms with E-state index in [4.69, 9.17) is 4.18 Å². The third-order valence-electron chi connectivity index (χ3n) is 4.30. The maximum absolute atomic E-state index is 13.4. The molecular weight excluding hydrogens is 337 g/mol. The van der Waals surface area contributed by atoms with Crippen molar-refractivity contribution in [3.63, 3.8) is 0 Å². The first-order valence-corrected chi connectivity index (χ1v) is 9.05. The van der Waals surface area contributed by atoms with Crippen LogP contribution in [0, 0.1) is 5.82 Å². The minimum atomic E-state index is -1.54. The molecule has 1 heterocycles. The zero-order valence-electron chi connectivity index (χ0n) is 13.5. The van der Waals surface area contributed by atoms with E-state index in [1.165, 1.54) is 12.1 Å². The Labute approximate surface area is 148 Å². The molecule has 0 radical (unpaired) electrons. The van der Waals surface area contributed by atoms with Crippen LogP contribution >= 0.6 is 0 Å². The Morgan fingerprint density at radius 1 is 0.960 bits per heavy atom. The summed E-state index contributed by atoms with van der Waals surface area (Å²) in [6.45, 7) is 1.95. The molecule has 2 atom stereocenters. The van der Waals surface area contributed by atoms with E-state index in [1.54, 1.807) is 6.07 Å². The van der Waals surface area contributed by atoms with Gasteiger partial charge >= 0.3 is 0 Å². The molecule has 3 nitrogen and oxygen atoms in total. The summed E-state index contributed by atoms with van der Waals surface area (Å²) in [7, 11) is 0. The number of halogens is 1. The number of fused-ring (bicyclic) bond motifs is 1. The predicted molar refractivity (Wildman–Crippen MR) is 97.6 cm³/mol. The highest BCUT2D eigenvalue weighted by Gasteiger charge is 2.25. The normalized spacial score (nSPS) is 19.1. The standard InChI is InChI=1S/C20H16FNO2S/c1-13-18-6-3-7-19(20(18)24-25(23)22-13)15-10-8-14(9-11-15)16-4-2-5-17(21)12-16/h2-13,22H,1H3. The van der Waals surface area contributed by atoms with Gasteiger partial charge < -0.3 is 4.18 Å². The van der Waals surface area contributed by atoms with Gasteiger partial charge in [0.15, 0.2) is 5.75 Å². The predicted octanol–water partition coefficient (Wildman–Crippen LogP) is 4.78. The van der Waals surface area contributed by atoms with Crippen LogP contribution < -0.4 is 8.91 Å². The van der Waals surface area contributed by atoms with Crippen LogP contribution in [0.25, 0.3) is 22.3 Å². The first-order valence-electron chi connectivity index (χ1n) is 7.97. The largest absolute Gasteiger partial charge is 0.388 e. The maximum Gasteiger partial charge on any atom is 0.288 e. The van der Waals surface area contributed by atoms with Gasteiger partial charge in [-0.2, -0.15) is 8.93 Å². The molecule has 1 aliphatic rings. The van der Waals surface area contributed by atoms with Crippen molar-refractivity contribution in [2.24, 2.45) is 0 Å². The number of benzene rings is 3. The average Bonchev–Trinajstić information content (AvgIpc) is 2.61. The number of rotatable bonds is 2. The van der Waals surface area contributed by atoms with Crippen LogP contribution in [0.4, 0.5) is 4.39 Å². The molecule has 3 aromatic carbocycles. The van der Waals surface area contributed by atoms with E-state index >= 15 is 0 Å². The first kappa shape index (κ1) is 16.0. The van der Waals surface area contributed by atoms with Crippen molar-refractivity contribution in [3.05, 3.63) is 78.1 Å². The third kappa shape index (κ3) is 3.08. The van der Waals surface area contributed by atoms with Crippen molar-refractivity contribution in [1.29, 1.82) is 0 Å². The SMILES string of the molecule is CC1NS(=O)Oc2c(-c3ccc(-c4cccc(F)c4)cc3)cccc21. The fraction of sp³-hybridized carbons (Fsp3) is 0.100. The topological polar surface area (TPSA) is 38.3 Å². The number of para-hydroxylation sites is 1. The van der Waals surface area contributed by atoms with Gasteiger partial charge in [-0.15, -0.1) is 0 Å². The highest BCUT2D eigenvalue weighted by atomic mass is 32.2. The van der Waals surface area contributed by atoms with Gasteiger partial charge in [-0.25, -0.2) is 4.39 Å². The van der Waals surface area contributed by atoms with Crippen LogP contribution in [-0.2, 0) is 11.3 Å². The fourth-order valence-corrected chi connectivity index (χ4v) is 3.84. The zero-order valence-corrected chi connectivity index (χ0v) is 14.3. The first-order chi connectivity index (χ1) is 12.1. The lowest BCUT2D eigenvalue weighted by atomic mass is 9.96. The zero-order chi connectivity index (χ0) is 17.4. The minimum Gasteiger partial charge on any atom is -0.388 e. The molecule has 0 amide bonds. The molecule has 0 spiro atoms. The molecule has 25 heavy (non-hydrogen) atoms. The molecule has 5 heteroatoms. The average molecular weight is 353 g/mol. The summed E-state index contributed by atoms with van der Waals surface area (Å²) >= 11 is -1.54. The van der Waals surface area contributed by atoms with Crippen molar-refractivity contribution in [2.45, 2.75) is 13.0 Å². The molecule has 0 aliphatic carbocycles. The molecule has 0 saturated carbocycles. The van der Waals surface area contributed by atoms with E-state index in [0.29, 0.717) is 5.75 Å². The Balaban J connectivity index is 1.74. The molecule has 0 aromatic heterocycles. The summed E-state index contributed by atoms with van der Waals surface area (Å²) in [6.07, 6.45) is 0. The maximum atomic E-state index is 13.4. The molecule has 0 fully saturated rings. The second-order valence-corrected chi connectivity index (χ2v) is 6.84. The Bertz CT molecular complexity index is 956. The van der Waals surface area contributed by atoms with Crippen molar-refractivity contribution < 1.29 is 12.8 Å². The van der Waals surface area contributed by atoms with E-state index in [9.17, 15) is 8.60 Å². The molecule has 1 aliphatic heterocycles. The summed E-state index contributed by atoms with van der Waals surface area (Å²) < 4.78 is 33.6. The number of nitrogens with one attached hydrogen (secondary N) is 1. The van der Waals surface area contributed by atoms with Gasteiger partial charge in [0, 0.05) is 17.2 Å². The molecule has 4 rings (SSSR count). The smallest absolute Gasteiger partial charge is 0.288 e. The fourth-order valence-electron chi connectivity index (χ4n) is 3.03. The molecular formula is C20H16FNO2S. The molecule has 0 bridgehead atoms. The van der Waals surface area contributed by atoms with E-state index in [1.807, 2.05) is 55.5 Å². The summed E-state index contributed by atoms with van der Waals surface area (Å²) in [4.78, 5) is 0. The van der Waals surface area contributed by atoms with Gasteiger partial charge in [-0.05, 0) is 35.7 Å². The molecule has 3 aromatic rings. The van der Waals surface area contributed by atoms with Gasteiger partial charge in [-0.3, -0.25) is 0 Å². The van der Waals surface area contributed by atoms with Crippen molar-refractivity contribution in [3.8, 4) is 28.0 Å². The highest BCUT2D eigenvalue weighted by molar-refractivity contribution is 7.78. The van der Waals surface area contributed by atoms with Gasteiger partial charge in [0.1, 0.15) is 5.82 Å². The number of hydrogen-bond acceptors (Lipinski definition) is 2. The van der Waals surface area contributed by atoms with Crippen LogP contribution in [0.1, 0.15) is 18.5 Å². The van der Waals surface area contributed by atoms with Crippen LogP contribution in [-0.4, -0.2) is 4.21 Å². The Morgan fingerprint density at radius 3 is 2.44 bits per heavy atom.